The molecule has 19 heavy (non-hydrogen) atoms. The van der Waals surface area contributed by atoms with Gasteiger partial charge in [-0.2, -0.15) is 0 Å². The molecule has 0 bridgehead atoms. The van der Waals surface area contributed by atoms with Crippen molar-refractivity contribution < 1.29 is 14.3 Å². The molecule has 4 heteroatoms. The van der Waals surface area contributed by atoms with E-state index in [9.17, 15) is 9.18 Å². The first-order chi connectivity index (χ1) is 9.11. The van der Waals surface area contributed by atoms with Crippen molar-refractivity contribution in [3.8, 4) is 0 Å². The number of aliphatic hydroxyl groups is 1. The molecule has 1 fully saturated rings. The molecule has 0 spiro atoms. The summed E-state index contributed by atoms with van der Waals surface area (Å²) in [5, 5.41) is 8.99. The molecule has 1 aromatic rings. The Balaban J connectivity index is 1.90. The number of ketones is 1. The van der Waals surface area contributed by atoms with Crippen LogP contribution >= 0.6 is 0 Å². The molecule has 0 radical (unpaired) electrons. The Kier molecular flexibility index (Phi) is 4.66. The van der Waals surface area contributed by atoms with Gasteiger partial charge < -0.3 is 5.11 Å². The molecule has 0 atom stereocenters. The minimum absolute atomic E-state index is 0.0394. The predicted octanol–water partition coefficient (Wildman–Crippen LogP) is 2.16. The highest BCUT2D eigenvalue weighted by Crippen LogP contribution is 2.26. The maximum atomic E-state index is 13.4. The van der Waals surface area contributed by atoms with Crippen LogP contribution in [0.25, 0.3) is 0 Å². The number of aliphatic hydroxyl groups excluding tert-OH is 1. The average Bonchev–Trinajstić information content (AvgIpc) is 3.21. The van der Waals surface area contributed by atoms with Crippen LogP contribution in [0.4, 0.5) is 4.39 Å². The molecule has 1 N–H and O–H groups in total. The van der Waals surface area contributed by atoms with E-state index in [4.69, 9.17) is 5.11 Å². The number of Topliss-reactive ketones (excluding diaryl/α,β-unsaturated/α-hetero) is 1. The smallest absolute Gasteiger partial charge is 0.164 e. The number of hydrogen-bond acceptors (Lipinski definition) is 3. The van der Waals surface area contributed by atoms with Crippen LogP contribution in [0, 0.1) is 12.7 Å². The Morgan fingerprint density at radius 3 is 2.74 bits per heavy atom. The Hall–Kier alpha value is -1.26. The van der Waals surface area contributed by atoms with E-state index in [2.05, 4.69) is 4.90 Å². The quantitative estimate of drug-likeness (QED) is 0.768. The third-order valence-corrected chi connectivity index (χ3v) is 3.57. The lowest BCUT2D eigenvalue weighted by atomic mass is 10.1. The van der Waals surface area contributed by atoms with Crippen LogP contribution in [0.15, 0.2) is 18.2 Å². The van der Waals surface area contributed by atoms with Gasteiger partial charge in [0.25, 0.3) is 0 Å². The zero-order chi connectivity index (χ0) is 13.8. The maximum absolute atomic E-state index is 13.4. The van der Waals surface area contributed by atoms with Crippen molar-refractivity contribution in [2.24, 2.45) is 0 Å². The van der Waals surface area contributed by atoms with Crippen molar-refractivity contribution in [2.45, 2.75) is 32.2 Å². The van der Waals surface area contributed by atoms with E-state index in [1.165, 1.54) is 6.07 Å². The van der Waals surface area contributed by atoms with Gasteiger partial charge in [0.05, 0.1) is 6.61 Å². The van der Waals surface area contributed by atoms with Crippen molar-refractivity contribution in [3.63, 3.8) is 0 Å². The fraction of sp³-hybridized carbons (Fsp3) is 0.533. The molecule has 0 unspecified atom stereocenters. The van der Waals surface area contributed by atoms with E-state index in [1.54, 1.807) is 19.1 Å². The van der Waals surface area contributed by atoms with Gasteiger partial charge in [-0.25, -0.2) is 4.39 Å². The summed E-state index contributed by atoms with van der Waals surface area (Å²) < 4.78 is 13.4. The number of nitrogens with zero attached hydrogens (tertiary/aromatic N) is 1. The van der Waals surface area contributed by atoms with E-state index >= 15 is 0 Å². The van der Waals surface area contributed by atoms with Crippen molar-refractivity contribution in [3.05, 3.63) is 35.1 Å². The van der Waals surface area contributed by atoms with Gasteiger partial charge in [-0.3, -0.25) is 9.69 Å². The number of halogens is 1. The SMILES string of the molecule is Cc1ccc(C(=O)CCN(CCO)C2CC2)cc1F. The number of hydrogen-bond donors (Lipinski definition) is 1. The molecule has 2 rings (SSSR count). The summed E-state index contributed by atoms with van der Waals surface area (Å²) in [5.41, 5.74) is 0.985. The van der Waals surface area contributed by atoms with E-state index in [1.807, 2.05) is 0 Å². The largest absolute Gasteiger partial charge is 0.395 e. The summed E-state index contributed by atoms with van der Waals surface area (Å²) in [6.45, 7) is 3.04. The molecule has 104 valence electrons. The van der Waals surface area contributed by atoms with Gasteiger partial charge in [0, 0.05) is 31.1 Å². The van der Waals surface area contributed by atoms with Gasteiger partial charge >= 0.3 is 0 Å². The van der Waals surface area contributed by atoms with Gasteiger partial charge in [-0.15, -0.1) is 0 Å². The summed E-state index contributed by atoms with van der Waals surface area (Å²) in [5.74, 6) is -0.372. The van der Waals surface area contributed by atoms with Gasteiger partial charge in [0.15, 0.2) is 5.78 Å². The van der Waals surface area contributed by atoms with Gasteiger partial charge in [0.2, 0.25) is 0 Å². The third kappa shape index (κ3) is 3.85. The molecule has 1 saturated carbocycles. The molecule has 1 aliphatic rings. The lowest BCUT2D eigenvalue weighted by Crippen LogP contribution is -2.31. The van der Waals surface area contributed by atoms with Crippen molar-refractivity contribution >= 4 is 5.78 Å². The Bertz CT molecular complexity index is 457. The normalized spacial score (nSPS) is 14.9. The average molecular weight is 265 g/mol. The Morgan fingerprint density at radius 1 is 1.42 bits per heavy atom. The molecule has 0 amide bonds. The number of carbonyl (C=O) groups is 1. The van der Waals surface area contributed by atoms with Crippen LogP contribution in [0.2, 0.25) is 0 Å². The van der Waals surface area contributed by atoms with Gasteiger partial charge in [-0.1, -0.05) is 12.1 Å². The van der Waals surface area contributed by atoms with E-state index < -0.39 is 0 Å². The van der Waals surface area contributed by atoms with Crippen LogP contribution in [0.3, 0.4) is 0 Å². The van der Waals surface area contributed by atoms with Crippen LogP contribution in [-0.2, 0) is 0 Å². The van der Waals surface area contributed by atoms with Crippen LogP contribution in [0.5, 0.6) is 0 Å². The molecule has 0 heterocycles. The number of benzene rings is 1. The summed E-state index contributed by atoms with van der Waals surface area (Å²) in [4.78, 5) is 14.1. The lowest BCUT2D eigenvalue weighted by Gasteiger charge is -2.20. The Morgan fingerprint density at radius 2 is 2.16 bits per heavy atom. The molecule has 0 aromatic heterocycles. The van der Waals surface area contributed by atoms with Crippen molar-refractivity contribution in [2.75, 3.05) is 19.7 Å². The number of aryl methyl sites for hydroxylation is 1. The molecule has 0 saturated heterocycles. The third-order valence-electron chi connectivity index (χ3n) is 3.57. The van der Waals surface area contributed by atoms with Crippen LogP contribution in [0.1, 0.15) is 35.2 Å². The monoisotopic (exact) mass is 265 g/mol. The van der Waals surface area contributed by atoms with Gasteiger partial charge in [-0.05, 0) is 31.4 Å². The number of carbonyl (C=O) groups excluding carboxylic acids is 1. The first-order valence-corrected chi connectivity index (χ1v) is 6.76. The fourth-order valence-corrected chi connectivity index (χ4v) is 2.20. The lowest BCUT2D eigenvalue weighted by molar-refractivity contribution is 0.0954. The van der Waals surface area contributed by atoms with Crippen molar-refractivity contribution in [1.82, 2.24) is 4.90 Å². The van der Waals surface area contributed by atoms with Crippen molar-refractivity contribution in [1.29, 1.82) is 0 Å². The second kappa shape index (κ2) is 6.26. The Labute approximate surface area is 113 Å². The highest BCUT2D eigenvalue weighted by Gasteiger charge is 2.28. The van der Waals surface area contributed by atoms with Crippen LogP contribution < -0.4 is 0 Å². The summed E-state index contributed by atoms with van der Waals surface area (Å²) in [7, 11) is 0. The molecular weight excluding hydrogens is 245 g/mol. The number of rotatable bonds is 7. The first-order valence-electron chi connectivity index (χ1n) is 6.76. The second-order valence-electron chi connectivity index (χ2n) is 5.13. The maximum Gasteiger partial charge on any atom is 0.164 e. The van der Waals surface area contributed by atoms with E-state index in [-0.39, 0.29) is 18.2 Å². The summed E-state index contributed by atoms with van der Waals surface area (Å²) in [6.07, 6.45) is 2.67. The molecule has 0 aliphatic heterocycles. The zero-order valence-electron chi connectivity index (χ0n) is 11.2. The zero-order valence-corrected chi connectivity index (χ0v) is 11.2. The summed E-state index contributed by atoms with van der Waals surface area (Å²) in [6, 6.07) is 5.14. The van der Waals surface area contributed by atoms with E-state index in [0.717, 1.165) is 12.8 Å². The topological polar surface area (TPSA) is 40.5 Å². The first kappa shape index (κ1) is 14.2. The molecule has 3 nitrogen and oxygen atoms in total. The molecule has 1 aromatic carbocycles. The van der Waals surface area contributed by atoms with Gasteiger partial charge in [0.1, 0.15) is 5.82 Å². The predicted molar refractivity (Wildman–Crippen MR) is 71.8 cm³/mol. The second-order valence-corrected chi connectivity index (χ2v) is 5.13. The highest BCUT2D eigenvalue weighted by molar-refractivity contribution is 5.96. The molecular formula is C15H20FNO2. The van der Waals surface area contributed by atoms with Crippen LogP contribution in [-0.4, -0.2) is 41.5 Å². The summed E-state index contributed by atoms with van der Waals surface area (Å²) >= 11 is 0. The standard InChI is InChI=1S/C15H20FNO2/c1-11-2-3-12(10-14(11)16)15(19)6-7-17(8-9-18)13-4-5-13/h2-3,10,13,18H,4-9H2,1H3. The molecule has 1 aliphatic carbocycles. The minimum Gasteiger partial charge on any atom is -0.395 e. The van der Waals surface area contributed by atoms with E-state index in [0.29, 0.717) is 36.7 Å². The fourth-order valence-electron chi connectivity index (χ4n) is 2.20. The highest BCUT2D eigenvalue weighted by atomic mass is 19.1. The minimum atomic E-state index is -0.333.